The van der Waals surface area contributed by atoms with Crippen LogP contribution in [0.2, 0.25) is 0 Å². The number of rotatable bonds is 8. The number of ether oxygens (including phenoxy) is 1. The maximum atomic E-state index is 5.20. The zero-order chi connectivity index (χ0) is 19.6. The van der Waals surface area contributed by atoms with Crippen molar-refractivity contribution < 1.29 is 4.74 Å². The second-order valence-corrected chi connectivity index (χ2v) is 7.33. The van der Waals surface area contributed by atoms with Gasteiger partial charge in [0.05, 0.1) is 6.61 Å². The van der Waals surface area contributed by atoms with Crippen LogP contribution in [-0.2, 0) is 31.0 Å². The summed E-state index contributed by atoms with van der Waals surface area (Å²) in [5.74, 6) is 0.804. The van der Waals surface area contributed by atoms with E-state index in [1.165, 1.54) is 48.2 Å². The number of hydrogen-bond donors (Lipinski definition) is 2. The van der Waals surface area contributed by atoms with Crippen LogP contribution >= 0.6 is 24.0 Å². The molecule has 1 saturated heterocycles. The van der Waals surface area contributed by atoms with Crippen molar-refractivity contribution in [2.75, 3.05) is 27.2 Å². The number of nitrogens with zero attached hydrogens (tertiary/aromatic N) is 2. The largest absolute Gasteiger partial charge is 0.380 e. The zero-order valence-corrected chi connectivity index (χ0v) is 19.8. The van der Waals surface area contributed by atoms with Crippen molar-refractivity contribution in [1.82, 2.24) is 15.5 Å². The Hall–Kier alpha value is -1.64. The van der Waals surface area contributed by atoms with Crippen LogP contribution in [0.25, 0.3) is 0 Å². The number of likely N-dealkylation sites (tertiary alicyclic amines) is 1. The molecule has 1 fully saturated rings. The molecule has 6 heteroatoms. The predicted octanol–water partition coefficient (Wildman–Crippen LogP) is 3.91. The SMILES string of the molecule is CN=C(NCc1ccc(CN2CCCC2)cc1)NCc1cccc(COC)c1.I. The van der Waals surface area contributed by atoms with E-state index in [-0.39, 0.29) is 24.0 Å². The average Bonchev–Trinajstić information content (AvgIpc) is 3.23. The molecule has 0 unspecified atom stereocenters. The van der Waals surface area contributed by atoms with Gasteiger partial charge in [0.1, 0.15) is 0 Å². The van der Waals surface area contributed by atoms with Crippen LogP contribution in [0.1, 0.15) is 35.1 Å². The summed E-state index contributed by atoms with van der Waals surface area (Å²) in [5.41, 5.74) is 5.04. The molecular weight excluding hydrogens is 475 g/mol. The summed E-state index contributed by atoms with van der Waals surface area (Å²) in [6.45, 7) is 5.66. The lowest BCUT2D eigenvalue weighted by atomic mass is 10.1. The van der Waals surface area contributed by atoms with E-state index in [0.29, 0.717) is 6.61 Å². The van der Waals surface area contributed by atoms with Gasteiger partial charge in [-0.3, -0.25) is 9.89 Å². The molecule has 0 amide bonds. The van der Waals surface area contributed by atoms with Crippen molar-refractivity contribution in [3.63, 3.8) is 0 Å². The first-order valence-corrected chi connectivity index (χ1v) is 10.1. The first-order valence-electron chi connectivity index (χ1n) is 10.1. The van der Waals surface area contributed by atoms with Crippen molar-refractivity contribution in [2.24, 2.45) is 4.99 Å². The Morgan fingerprint density at radius 1 is 0.931 bits per heavy atom. The Balaban J connectivity index is 0.00000300. The van der Waals surface area contributed by atoms with Gasteiger partial charge in [-0.1, -0.05) is 48.5 Å². The van der Waals surface area contributed by atoms with E-state index in [4.69, 9.17) is 4.74 Å². The minimum atomic E-state index is 0. The van der Waals surface area contributed by atoms with Gasteiger partial charge < -0.3 is 15.4 Å². The maximum Gasteiger partial charge on any atom is 0.191 e. The van der Waals surface area contributed by atoms with Gasteiger partial charge in [0.15, 0.2) is 5.96 Å². The van der Waals surface area contributed by atoms with E-state index in [2.05, 4.69) is 69.1 Å². The summed E-state index contributed by atoms with van der Waals surface area (Å²) in [5, 5.41) is 6.77. The molecule has 3 rings (SSSR count). The van der Waals surface area contributed by atoms with E-state index in [9.17, 15) is 0 Å². The van der Waals surface area contributed by atoms with Crippen LogP contribution in [-0.4, -0.2) is 38.1 Å². The molecule has 1 aliphatic rings. The third kappa shape index (κ3) is 7.95. The lowest BCUT2D eigenvalue weighted by Gasteiger charge is -2.15. The molecule has 29 heavy (non-hydrogen) atoms. The van der Waals surface area contributed by atoms with Gasteiger partial charge in [-0.2, -0.15) is 0 Å². The third-order valence-corrected chi connectivity index (χ3v) is 5.07. The number of halogens is 1. The number of aliphatic imine (C=N–C) groups is 1. The van der Waals surface area contributed by atoms with Gasteiger partial charge in [0, 0.05) is 33.8 Å². The molecule has 5 nitrogen and oxygen atoms in total. The number of guanidine groups is 1. The Kier molecular flexibility index (Phi) is 10.5. The van der Waals surface area contributed by atoms with Gasteiger partial charge in [-0.15, -0.1) is 24.0 Å². The smallest absolute Gasteiger partial charge is 0.191 e. The van der Waals surface area contributed by atoms with Crippen molar-refractivity contribution >= 4 is 29.9 Å². The van der Waals surface area contributed by atoms with Crippen LogP contribution in [0.3, 0.4) is 0 Å². The molecule has 0 aromatic heterocycles. The topological polar surface area (TPSA) is 48.9 Å². The highest BCUT2D eigenvalue weighted by molar-refractivity contribution is 14.0. The fourth-order valence-electron chi connectivity index (χ4n) is 3.55. The van der Waals surface area contributed by atoms with Crippen molar-refractivity contribution in [1.29, 1.82) is 0 Å². The van der Waals surface area contributed by atoms with E-state index < -0.39 is 0 Å². The summed E-state index contributed by atoms with van der Waals surface area (Å²) in [6, 6.07) is 17.3. The van der Waals surface area contributed by atoms with Crippen molar-refractivity contribution in [2.45, 2.75) is 39.1 Å². The van der Waals surface area contributed by atoms with Gasteiger partial charge in [-0.05, 0) is 48.2 Å². The molecule has 1 aliphatic heterocycles. The molecule has 0 bridgehead atoms. The Labute approximate surface area is 192 Å². The second kappa shape index (κ2) is 12.8. The highest BCUT2D eigenvalue weighted by Crippen LogP contribution is 2.13. The molecule has 2 aromatic rings. The standard InChI is InChI=1S/C23H32N4O.HI/c1-24-23(26-16-21-6-5-7-22(14-21)18-28-2)25-15-19-8-10-20(11-9-19)17-27-12-3-4-13-27;/h5-11,14H,3-4,12-13,15-18H2,1-2H3,(H2,24,25,26);1H. The average molecular weight is 508 g/mol. The number of methoxy groups -OCH3 is 1. The predicted molar refractivity (Wildman–Crippen MR) is 131 cm³/mol. The molecule has 0 spiro atoms. The summed E-state index contributed by atoms with van der Waals surface area (Å²) >= 11 is 0. The summed E-state index contributed by atoms with van der Waals surface area (Å²) in [4.78, 5) is 6.85. The normalized spacial score (nSPS) is 14.5. The molecule has 0 atom stereocenters. The van der Waals surface area contributed by atoms with Gasteiger partial charge >= 0.3 is 0 Å². The highest BCUT2D eigenvalue weighted by atomic mass is 127. The molecule has 1 heterocycles. The Morgan fingerprint density at radius 2 is 1.55 bits per heavy atom. The van der Waals surface area contributed by atoms with Crippen LogP contribution in [0.5, 0.6) is 0 Å². The molecule has 158 valence electrons. The Bertz CT molecular complexity index is 758. The molecule has 2 aromatic carbocycles. The molecule has 0 aliphatic carbocycles. The Morgan fingerprint density at radius 3 is 2.21 bits per heavy atom. The van der Waals surface area contributed by atoms with Gasteiger partial charge in [0.25, 0.3) is 0 Å². The van der Waals surface area contributed by atoms with Crippen molar-refractivity contribution in [3.8, 4) is 0 Å². The second-order valence-electron chi connectivity index (χ2n) is 7.33. The molecule has 0 radical (unpaired) electrons. The van der Waals surface area contributed by atoms with Crippen LogP contribution < -0.4 is 10.6 Å². The zero-order valence-electron chi connectivity index (χ0n) is 17.5. The van der Waals surface area contributed by atoms with Gasteiger partial charge in [0.2, 0.25) is 0 Å². The van der Waals surface area contributed by atoms with Crippen LogP contribution in [0, 0.1) is 0 Å². The lowest BCUT2D eigenvalue weighted by Crippen LogP contribution is -2.36. The van der Waals surface area contributed by atoms with Crippen LogP contribution in [0.15, 0.2) is 53.5 Å². The number of nitrogens with one attached hydrogen (secondary N) is 2. The summed E-state index contributed by atoms with van der Waals surface area (Å²) < 4.78 is 5.20. The minimum absolute atomic E-state index is 0. The fraction of sp³-hybridized carbons (Fsp3) is 0.435. The maximum absolute atomic E-state index is 5.20. The van der Waals surface area contributed by atoms with E-state index >= 15 is 0 Å². The summed E-state index contributed by atoms with van der Waals surface area (Å²) in [6.07, 6.45) is 2.68. The number of hydrogen-bond acceptors (Lipinski definition) is 3. The minimum Gasteiger partial charge on any atom is -0.380 e. The molecule has 0 saturated carbocycles. The van der Waals surface area contributed by atoms with E-state index in [1.807, 2.05) is 0 Å². The first-order chi connectivity index (χ1) is 13.8. The number of benzene rings is 2. The molecular formula is C23H33IN4O. The molecule has 2 N–H and O–H groups in total. The highest BCUT2D eigenvalue weighted by Gasteiger charge is 2.11. The fourth-order valence-corrected chi connectivity index (χ4v) is 3.55. The van der Waals surface area contributed by atoms with Crippen molar-refractivity contribution in [3.05, 3.63) is 70.8 Å². The lowest BCUT2D eigenvalue weighted by molar-refractivity contribution is 0.185. The van der Waals surface area contributed by atoms with E-state index in [0.717, 1.165) is 25.6 Å². The van der Waals surface area contributed by atoms with E-state index in [1.54, 1.807) is 14.2 Å². The first kappa shape index (κ1) is 23.6. The van der Waals surface area contributed by atoms with Crippen LogP contribution in [0.4, 0.5) is 0 Å². The van der Waals surface area contributed by atoms with Gasteiger partial charge in [-0.25, -0.2) is 0 Å². The third-order valence-electron chi connectivity index (χ3n) is 5.07. The monoisotopic (exact) mass is 508 g/mol. The summed E-state index contributed by atoms with van der Waals surface area (Å²) in [7, 11) is 3.52. The quantitative estimate of drug-likeness (QED) is 0.323.